The topological polar surface area (TPSA) is 26.3 Å². The van der Waals surface area contributed by atoms with E-state index >= 15 is 0 Å². The first kappa shape index (κ1) is 12.2. The first-order chi connectivity index (χ1) is 8.83. The van der Waals surface area contributed by atoms with Crippen LogP contribution in [0.5, 0.6) is 0 Å². The molecule has 0 heterocycles. The molecule has 0 saturated carbocycles. The lowest BCUT2D eigenvalue weighted by Crippen LogP contribution is -2.05. The van der Waals surface area contributed by atoms with Crippen molar-refractivity contribution in [2.24, 2.45) is 0 Å². The first-order valence-corrected chi connectivity index (χ1v) is 5.93. The zero-order valence-electron chi connectivity index (χ0n) is 10.3. The molecule has 2 nitrogen and oxygen atoms in total. The number of ether oxygens (including phenoxy) is 1. The lowest BCUT2D eigenvalue weighted by molar-refractivity contribution is 0.0559. The summed E-state index contributed by atoms with van der Waals surface area (Å²) in [6, 6.07) is 13.4. The third-order valence-electron chi connectivity index (χ3n) is 2.59. The molecule has 0 atom stereocenters. The second-order valence-corrected chi connectivity index (χ2v) is 3.81. The third-order valence-corrected chi connectivity index (χ3v) is 2.59. The molecule has 0 aliphatic carbocycles. The molecule has 0 radical (unpaired) electrons. The smallest absolute Gasteiger partial charge is 0.339 e. The predicted octanol–water partition coefficient (Wildman–Crippen LogP) is 3.41. The van der Waals surface area contributed by atoms with Crippen molar-refractivity contribution in [1.29, 1.82) is 0 Å². The van der Waals surface area contributed by atoms with Gasteiger partial charge >= 0.3 is 5.97 Å². The van der Waals surface area contributed by atoms with E-state index in [1.54, 1.807) is 6.07 Å². The summed E-state index contributed by atoms with van der Waals surface area (Å²) in [5.74, 6) is 5.33. The molecule has 0 aliphatic rings. The third kappa shape index (κ3) is 2.70. The second kappa shape index (κ2) is 5.88. The van der Waals surface area contributed by atoms with Gasteiger partial charge in [-0.25, -0.2) is 4.79 Å². The lowest BCUT2D eigenvalue weighted by atomic mass is 10.1. The highest BCUT2D eigenvalue weighted by atomic mass is 16.5. The predicted molar refractivity (Wildman–Crippen MR) is 72.3 cm³/mol. The van der Waals surface area contributed by atoms with Gasteiger partial charge in [0.25, 0.3) is 0 Å². The van der Waals surface area contributed by atoms with Crippen molar-refractivity contribution in [2.45, 2.75) is 13.3 Å². The quantitative estimate of drug-likeness (QED) is 0.592. The molecule has 2 rings (SSSR count). The van der Waals surface area contributed by atoms with E-state index in [1.165, 1.54) is 0 Å². The number of fused-ring (bicyclic) bond motifs is 1. The average Bonchev–Trinajstić information content (AvgIpc) is 2.43. The fourth-order valence-corrected chi connectivity index (χ4v) is 1.76. The molecule has 0 amide bonds. The van der Waals surface area contributed by atoms with Gasteiger partial charge in [0.2, 0.25) is 0 Å². The van der Waals surface area contributed by atoms with Crippen LogP contribution in [0.1, 0.15) is 23.7 Å². The van der Waals surface area contributed by atoms with Gasteiger partial charge in [-0.15, -0.1) is 5.92 Å². The zero-order valence-corrected chi connectivity index (χ0v) is 10.3. The van der Waals surface area contributed by atoms with Crippen LogP contribution in [-0.4, -0.2) is 12.6 Å². The minimum atomic E-state index is -0.322. The van der Waals surface area contributed by atoms with Gasteiger partial charge in [0.1, 0.15) is 0 Å². The number of carbonyl (C=O) groups excluding carboxylic acids is 1. The standard InChI is InChI=1S/C16H14O2/c1-2-3-6-12-18-16(17)15-11-7-9-13-8-4-5-10-14(13)15/h4-5,7-11H,2,12H2,1H3. The number of esters is 1. The Morgan fingerprint density at radius 3 is 2.72 bits per heavy atom. The zero-order chi connectivity index (χ0) is 12.8. The Kier molecular flexibility index (Phi) is 3.98. The summed E-state index contributed by atoms with van der Waals surface area (Å²) in [4.78, 5) is 11.9. The van der Waals surface area contributed by atoms with Crippen LogP contribution in [0.3, 0.4) is 0 Å². The monoisotopic (exact) mass is 238 g/mol. The maximum absolute atomic E-state index is 11.9. The molecular weight excluding hydrogens is 224 g/mol. The lowest BCUT2D eigenvalue weighted by Gasteiger charge is -2.05. The Labute approximate surface area is 107 Å². The number of benzene rings is 2. The van der Waals surface area contributed by atoms with E-state index in [1.807, 2.05) is 43.3 Å². The molecule has 0 spiro atoms. The molecule has 0 aliphatic heterocycles. The van der Waals surface area contributed by atoms with Crippen LogP contribution in [0, 0.1) is 11.8 Å². The van der Waals surface area contributed by atoms with E-state index in [0.717, 1.165) is 17.2 Å². The van der Waals surface area contributed by atoms with Crippen LogP contribution in [-0.2, 0) is 4.74 Å². The summed E-state index contributed by atoms with van der Waals surface area (Å²) in [5, 5.41) is 1.94. The van der Waals surface area contributed by atoms with Gasteiger partial charge in [0, 0.05) is 6.42 Å². The summed E-state index contributed by atoms with van der Waals surface area (Å²) in [6.45, 7) is 2.11. The summed E-state index contributed by atoms with van der Waals surface area (Å²) in [6.07, 6.45) is 0.770. The summed E-state index contributed by atoms with van der Waals surface area (Å²) in [7, 11) is 0. The van der Waals surface area contributed by atoms with Crippen LogP contribution in [0.15, 0.2) is 42.5 Å². The highest BCUT2D eigenvalue weighted by Gasteiger charge is 2.09. The highest BCUT2D eigenvalue weighted by molar-refractivity contribution is 6.04. The van der Waals surface area contributed by atoms with Crippen molar-refractivity contribution >= 4 is 16.7 Å². The molecule has 18 heavy (non-hydrogen) atoms. The van der Waals surface area contributed by atoms with Gasteiger partial charge in [0.05, 0.1) is 5.56 Å². The molecule has 2 aromatic carbocycles. The van der Waals surface area contributed by atoms with E-state index in [9.17, 15) is 4.79 Å². The normalized spacial score (nSPS) is 9.61. The molecule has 0 fully saturated rings. The number of rotatable bonds is 2. The van der Waals surface area contributed by atoms with Gasteiger partial charge < -0.3 is 4.74 Å². The van der Waals surface area contributed by atoms with Crippen LogP contribution in [0.2, 0.25) is 0 Å². The summed E-state index contributed by atoms with van der Waals surface area (Å²) >= 11 is 0. The minimum Gasteiger partial charge on any atom is -0.449 e. The average molecular weight is 238 g/mol. The largest absolute Gasteiger partial charge is 0.449 e. The molecule has 0 aromatic heterocycles. The Balaban J connectivity index is 2.22. The van der Waals surface area contributed by atoms with E-state index in [0.29, 0.717) is 5.56 Å². The van der Waals surface area contributed by atoms with Gasteiger partial charge in [0.15, 0.2) is 6.61 Å². The minimum absolute atomic E-state index is 0.149. The SMILES string of the molecule is CCC#CCOC(=O)c1cccc2ccccc12. The van der Waals surface area contributed by atoms with Crippen LogP contribution in [0.25, 0.3) is 10.8 Å². The van der Waals surface area contributed by atoms with Gasteiger partial charge in [-0.2, -0.15) is 0 Å². The maximum Gasteiger partial charge on any atom is 0.339 e. The number of hydrogen-bond acceptors (Lipinski definition) is 2. The Morgan fingerprint density at radius 1 is 1.11 bits per heavy atom. The first-order valence-electron chi connectivity index (χ1n) is 5.93. The molecule has 2 heteroatoms. The molecule has 0 N–H and O–H groups in total. The maximum atomic E-state index is 11.9. The van der Waals surface area contributed by atoms with E-state index < -0.39 is 0 Å². The van der Waals surface area contributed by atoms with E-state index in [2.05, 4.69) is 11.8 Å². The summed E-state index contributed by atoms with van der Waals surface area (Å²) in [5.41, 5.74) is 0.589. The summed E-state index contributed by atoms with van der Waals surface area (Å²) < 4.78 is 5.13. The second-order valence-electron chi connectivity index (χ2n) is 3.81. The van der Waals surface area contributed by atoms with Crippen LogP contribution < -0.4 is 0 Å². The molecule has 0 unspecified atom stereocenters. The van der Waals surface area contributed by atoms with Gasteiger partial charge in [-0.1, -0.05) is 49.2 Å². The van der Waals surface area contributed by atoms with Crippen molar-refractivity contribution < 1.29 is 9.53 Å². The molecular formula is C16H14O2. The van der Waals surface area contributed by atoms with Crippen molar-refractivity contribution in [3.05, 3.63) is 48.0 Å². The fourth-order valence-electron chi connectivity index (χ4n) is 1.76. The Morgan fingerprint density at radius 2 is 1.89 bits per heavy atom. The molecule has 90 valence electrons. The van der Waals surface area contributed by atoms with Gasteiger partial charge in [-0.05, 0) is 16.8 Å². The molecule has 2 aromatic rings. The van der Waals surface area contributed by atoms with Crippen molar-refractivity contribution in [2.75, 3.05) is 6.61 Å². The molecule has 0 saturated heterocycles. The Bertz CT molecular complexity index is 612. The van der Waals surface area contributed by atoms with Crippen LogP contribution in [0.4, 0.5) is 0 Å². The fraction of sp³-hybridized carbons (Fsp3) is 0.188. The van der Waals surface area contributed by atoms with Crippen LogP contribution >= 0.6 is 0 Å². The number of carbonyl (C=O) groups is 1. The highest BCUT2D eigenvalue weighted by Crippen LogP contribution is 2.19. The number of hydrogen-bond donors (Lipinski definition) is 0. The van der Waals surface area contributed by atoms with E-state index in [-0.39, 0.29) is 12.6 Å². The van der Waals surface area contributed by atoms with E-state index in [4.69, 9.17) is 4.74 Å². The van der Waals surface area contributed by atoms with Crippen molar-refractivity contribution in [3.63, 3.8) is 0 Å². The Hall–Kier alpha value is -2.27. The molecule has 0 bridgehead atoms. The van der Waals surface area contributed by atoms with Crippen molar-refractivity contribution in [3.8, 4) is 11.8 Å². The van der Waals surface area contributed by atoms with Gasteiger partial charge in [-0.3, -0.25) is 0 Å². The van der Waals surface area contributed by atoms with Crippen molar-refractivity contribution in [1.82, 2.24) is 0 Å².